The molecule has 0 saturated carbocycles. The lowest BCUT2D eigenvalue weighted by molar-refractivity contribution is -0.144. The predicted molar refractivity (Wildman–Crippen MR) is 71.0 cm³/mol. The van der Waals surface area contributed by atoms with Crippen LogP contribution < -0.4 is 10.6 Å². The van der Waals surface area contributed by atoms with E-state index < -0.39 is 17.9 Å². The first-order chi connectivity index (χ1) is 8.95. The zero-order valence-corrected chi connectivity index (χ0v) is 11.8. The van der Waals surface area contributed by atoms with Crippen molar-refractivity contribution >= 4 is 36.0 Å². The van der Waals surface area contributed by atoms with E-state index in [1.807, 2.05) is 0 Å². The summed E-state index contributed by atoms with van der Waals surface area (Å²) in [6.07, 6.45) is -4.42. The lowest BCUT2D eigenvalue weighted by Gasteiger charge is -2.22. The van der Waals surface area contributed by atoms with Crippen LogP contribution in [0.4, 0.5) is 19.1 Å². The topological polar surface area (TPSA) is 82.7 Å². The average Bonchev–Trinajstić information content (AvgIpc) is 2.78. The molecule has 1 aliphatic heterocycles. The normalized spacial score (nSPS) is 19.2. The molecule has 0 aliphatic carbocycles. The number of carbonyl (C=O) groups excluding carboxylic acids is 1. The number of aromatic amines is 1. The number of anilines is 1. The van der Waals surface area contributed by atoms with Gasteiger partial charge in [0, 0.05) is 30.5 Å². The largest absolute Gasteiger partial charge is 0.451 e. The fourth-order valence-electron chi connectivity index (χ4n) is 1.59. The van der Waals surface area contributed by atoms with Crippen molar-refractivity contribution in [1.82, 2.24) is 20.5 Å². The standard InChI is InChI=1S/C9H12F3N5OS.ClH/c10-9(11,12)7-15-8(17-16-7)14-6(18)3-5-4-19-2-1-13-5;/h5,13H,1-4H2,(H2,14,15,16,17,18);1H. The Morgan fingerprint density at radius 1 is 1.50 bits per heavy atom. The van der Waals surface area contributed by atoms with Gasteiger partial charge in [0.15, 0.2) is 0 Å². The Balaban J connectivity index is 0.00000200. The summed E-state index contributed by atoms with van der Waals surface area (Å²) in [5.41, 5.74) is 0. The number of thioether (sulfide) groups is 1. The van der Waals surface area contributed by atoms with Crippen LogP contribution in [0.1, 0.15) is 12.2 Å². The van der Waals surface area contributed by atoms with E-state index in [2.05, 4.69) is 20.7 Å². The molecule has 11 heteroatoms. The van der Waals surface area contributed by atoms with Gasteiger partial charge in [0.25, 0.3) is 0 Å². The Morgan fingerprint density at radius 3 is 2.80 bits per heavy atom. The average molecular weight is 332 g/mol. The summed E-state index contributed by atoms with van der Waals surface area (Å²) in [5.74, 6) is -0.203. The first kappa shape index (κ1) is 17.1. The highest BCUT2D eigenvalue weighted by atomic mass is 35.5. The van der Waals surface area contributed by atoms with Crippen LogP contribution in [0.5, 0.6) is 0 Å². The fraction of sp³-hybridized carbons (Fsp3) is 0.667. The maximum atomic E-state index is 12.3. The lowest BCUT2D eigenvalue weighted by atomic mass is 10.2. The van der Waals surface area contributed by atoms with Crippen molar-refractivity contribution in [1.29, 1.82) is 0 Å². The van der Waals surface area contributed by atoms with Gasteiger partial charge in [-0.25, -0.2) is 0 Å². The van der Waals surface area contributed by atoms with E-state index in [0.29, 0.717) is 0 Å². The molecule has 1 amide bonds. The molecule has 2 heterocycles. The van der Waals surface area contributed by atoms with Crippen LogP contribution in [-0.4, -0.2) is 45.2 Å². The Labute approximate surface area is 123 Å². The van der Waals surface area contributed by atoms with Crippen molar-refractivity contribution in [3.8, 4) is 0 Å². The molecule has 0 aromatic carbocycles. The van der Waals surface area contributed by atoms with Crippen LogP contribution >= 0.6 is 24.2 Å². The minimum atomic E-state index is -4.60. The molecule has 1 fully saturated rings. The second-order valence-corrected chi connectivity index (χ2v) is 5.13. The summed E-state index contributed by atoms with van der Waals surface area (Å²) >= 11 is 1.73. The van der Waals surface area contributed by atoms with Crippen molar-refractivity contribution in [2.45, 2.75) is 18.6 Å². The quantitative estimate of drug-likeness (QED) is 0.777. The molecule has 3 N–H and O–H groups in total. The van der Waals surface area contributed by atoms with E-state index in [1.54, 1.807) is 16.9 Å². The van der Waals surface area contributed by atoms with Gasteiger partial charge in [-0.2, -0.15) is 29.9 Å². The predicted octanol–water partition coefficient (Wildman–Crippen LogP) is 1.28. The third-order valence-corrected chi connectivity index (χ3v) is 3.57. The van der Waals surface area contributed by atoms with Gasteiger partial charge in [0.2, 0.25) is 17.7 Å². The highest BCUT2D eigenvalue weighted by Crippen LogP contribution is 2.26. The number of aromatic nitrogens is 3. The number of hydrogen-bond acceptors (Lipinski definition) is 5. The van der Waals surface area contributed by atoms with Crippen LogP contribution in [0.15, 0.2) is 0 Å². The Kier molecular flexibility index (Phi) is 6.08. The maximum Gasteiger partial charge on any atom is 0.451 e. The summed E-state index contributed by atoms with van der Waals surface area (Å²) in [6, 6.07) is 0.0276. The summed E-state index contributed by atoms with van der Waals surface area (Å²) in [4.78, 5) is 14.8. The number of carbonyl (C=O) groups is 1. The van der Waals surface area contributed by atoms with E-state index in [9.17, 15) is 18.0 Å². The second kappa shape index (κ2) is 7.14. The number of nitrogens with zero attached hydrogens (tertiary/aromatic N) is 2. The summed E-state index contributed by atoms with van der Waals surface area (Å²) in [6.45, 7) is 0.821. The number of nitrogens with one attached hydrogen (secondary N) is 3. The first-order valence-electron chi connectivity index (χ1n) is 5.56. The number of alkyl halides is 3. The van der Waals surface area contributed by atoms with Gasteiger partial charge in [-0.15, -0.1) is 17.5 Å². The summed E-state index contributed by atoms with van der Waals surface area (Å²) < 4.78 is 36.8. The maximum absolute atomic E-state index is 12.3. The van der Waals surface area contributed by atoms with Crippen molar-refractivity contribution in [2.75, 3.05) is 23.4 Å². The molecule has 2 rings (SSSR count). The minimum Gasteiger partial charge on any atom is -0.312 e. The third kappa shape index (κ3) is 4.84. The number of hydrogen-bond donors (Lipinski definition) is 3. The summed E-state index contributed by atoms with van der Waals surface area (Å²) in [5, 5.41) is 10.4. The molecule has 1 aromatic heterocycles. The highest BCUT2D eigenvalue weighted by molar-refractivity contribution is 7.99. The van der Waals surface area contributed by atoms with Crippen molar-refractivity contribution in [3.63, 3.8) is 0 Å². The van der Waals surface area contributed by atoms with E-state index in [4.69, 9.17) is 0 Å². The number of halogens is 4. The zero-order chi connectivity index (χ0) is 13.9. The van der Waals surface area contributed by atoms with Crippen molar-refractivity contribution in [3.05, 3.63) is 5.82 Å². The SMILES string of the molecule is Cl.O=C(CC1CSCCN1)Nc1n[nH]c(C(F)(F)F)n1. The van der Waals surface area contributed by atoms with Crippen molar-refractivity contribution < 1.29 is 18.0 Å². The van der Waals surface area contributed by atoms with Crippen LogP contribution in [0, 0.1) is 0 Å². The van der Waals surface area contributed by atoms with Crippen LogP contribution in [0.3, 0.4) is 0 Å². The molecule has 1 saturated heterocycles. The molecule has 1 aromatic rings. The Morgan fingerprint density at radius 2 is 2.25 bits per heavy atom. The molecule has 1 unspecified atom stereocenters. The smallest absolute Gasteiger partial charge is 0.312 e. The number of H-pyrrole nitrogens is 1. The second-order valence-electron chi connectivity index (χ2n) is 3.98. The first-order valence-corrected chi connectivity index (χ1v) is 6.71. The Hall–Kier alpha value is -1.00. The molecule has 1 atom stereocenters. The molecule has 0 spiro atoms. The highest BCUT2D eigenvalue weighted by Gasteiger charge is 2.35. The molecular weight excluding hydrogens is 319 g/mol. The van der Waals surface area contributed by atoms with Gasteiger partial charge in [-0.1, -0.05) is 0 Å². The molecule has 114 valence electrons. The van der Waals surface area contributed by atoms with E-state index in [0.717, 1.165) is 18.1 Å². The van der Waals surface area contributed by atoms with Crippen LogP contribution in [0.25, 0.3) is 0 Å². The monoisotopic (exact) mass is 331 g/mol. The fourth-order valence-corrected chi connectivity index (χ4v) is 2.54. The molecule has 6 nitrogen and oxygen atoms in total. The molecular formula is C9H13ClF3N5OS. The van der Waals surface area contributed by atoms with Crippen LogP contribution in [0.2, 0.25) is 0 Å². The van der Waals surface area contributed by atoms with Gasteiger partial charge in [0.1, 0.15) is 0 Å². The molecule has 1 aliphatic rings. The minimum absolute atomic E-state index is 0. The Bertz CT molecular complexity index is 449. The van der Waals surface area contributed by atoms with Gasteiger partial charge < -0.3 is 5.32 Å². The zero-order valence-electron chi connectivity index (χ0n) is 10.2. The van der Waals surface area contributed by atoms with Gasteiger partial charge in [0.05, 0.1) is 0 Å². The molecule has 0 bridgehead atoms. The van der Waals surface area contributed by atoms with Crippen molar-refractivity contribution in [2.24, 2.45) is 0 Å². The molecule has 20 heavy (non-hydrogen) atoms. The van der Waals surface area contributed by atoms with Gasteiger partial charge in [-0.05, 0) is 0 Å². The lowest BCUT2D eigenvalue weighted by Crippen LogP contribution is -2.40. The van der Waals surface area contributed by atoms with E-state index in [-0.39, 0.29) is 30.8 Å². The summed E-state index contributed by atoms with van der Waals surface area (Å²) in [7, 11) is 0. The number of rotatable bonds is 3. The van der Waals surface area contributed by atoms with Gasteiger partial charge >= 0.3 is 6.18 Å². The number of amides is 1. The van der Waals surface area contributed by atoms with E-state index in [1.165, 1.54) is 0 Å². The van der Waals surface area contributed by atoms with Gasteiger partial charge in [-0.3, -0.25) is 15.2 Å². The third-order valence-electron chi connectivity index (χ3n) is 2.44. The van der Waals surface area contributed by atoms with Crippen LogP contribution in [-0.2, 0) is 11.0 Å². The van der Waals surface area contributed by atoms with E-state index >= 15 is 0 Å². The molecule has 0 radical (unpaired) electrons.